The summed E-state index contributed by atoms with van der Waals surface area (Å²) < 4.78 is 0. The number of hydrogen-bond donors (Lipinski definition) is 2. The fourth-order valence-corrected chi connectivity index (χ4v) is 3.64. The fraction of sp³-hybridized carbons (Fsp3) is 0.562. The Morgan fingerprint density at radius 2 is 2.19 bits per heavy atom. The minimum absolute atomic E-state index is 0.153. The number of nitrogens with zero attached hydrogens (tertiary/aromatic N) is 1. The third-order valence-corrected chi connectivity index (χ3v) is 5.06. The van der Waals surface area contributed by atoms with Gasteiger partial charge in [0.25, 0.3) is 0 Å². The molecule has 1 aromatic carbocycles. The van der Waals surface area contributed by atoms with Crippen molar-refractivity contribution in [3.8, 4) is 0 Å². The van der Waals surface area contributed by atoms with Gasteiger partial charge in [-0.3, -0.25) is 4.79 Å². The van der Waals surface area contributed by atoms with Gasteiger partial charge in [0.1, 0.15) is 6.04 Å². The van der Waals surface area contributed by atoms with E-state index < -0.39 is 6.04 Å². The zero-order valence-electron chi connectivity index (χ0n) is 12.4. The van der Waals surface area contributed by atoms with Gasteiger partial charge in [0.15, 0.2) is 0 Å². The molecule has 1 amide bonds. The maximum absolute atomic E-state index is 11.7. The quantitative estimate of drug-likeness (QED) is 0.881. The van der Waals surface area contributed by atoms with Gasteiger partial charge in [-0.25, -0.2) is 0 Å². The fourth-order valence-electron chi connectivity index (χ4n) is 3.35. The Bertz CT molecular complexity index is 561. The number of anilines is 2. The molecule has 2 heterocycles. The molecule has 114 valence electrons. The second kappa shape index (κ2) is 5.85. The summed E-state index contributed by atoms with van der Waals surface area (Å²) in [5, 5.41) is 3.53. The van der Waals surface area contributed by atoms with Gasteiger partial charge in [-0.05, 0) is 37.3 Å². The maximum atomic E-state index is 11.7. The molecule has 2 unspecified atom stereocenters. The first-order valence-corrected chi connectivity index (χ1v) is 8.12. The molecule has 0 radical (unpaired) electrons. The standard InChI is InChI=1S/C16H22ClN3O/c1-2-10-4-3-6-20(7-5-10)14-9-13-11(8-12(14)17)15(18)16(21)19-13/h8-10,15H,2-7,18H2,1H3,(H,19,21). The molecule has 2 aliphatic rings. The van der Waals surface area contributed by atoms with E-state index in [1.54, 1.807) is 0 Å². The number of carbonyl (C=O) groups excluding carboxylic acids is 1. The van der Waals surface area contributed by atoms with Gasteiger partial charge in [0.2, 0.25) is 5.91 Å². The van der Waals surface area contributed by atoms with Crippen LogP contribution in [0.3, 0.4) is 0 Å². The highest BCUT2D eigenvalue weighted by Gasteiger charge is 2.29. The number of fused-ring (bicyclic) bond motifs is 1. The molecule has 21 heavy (non-hydrogen) atoms. The lowest BCUT2D eigenvalue weighted by Crippen LogP contribution is -2.24. The van der Waals surface area contributed by atoms with Crippen molar-refractivity contribution < 1.29 is 4.79 Å². The van der Waals surface area contributed by atoms with Crippen molar-refractivity contribution in [2.75, 3.05) is 23.3 Å². The van der Waals surface area contributed by atoms with Crippen LogP contribution >= 0.6 is 11.6 Å². The van der Waals surface area contributed by atoms with Gasteiger partial charge in [0.05, 0.1) is 10.7 Å². The zero-order chi connectivity index (χ0) is 15.0. The Labute approximate surface area is 130 Å². The molecule has 0 bridgehead atoms. The third-order valence-electron chi connectivity index (χ3n) is 4.76. The van der Waals surface area contributed by atoms with Crippen LogP contribution in [0.1, 0.15) is 44.2 Å². The molecule has 1 fully saturated rings. The van der Waals surface area contributed by atoms with Crippen LogP contribution in [0.15, 0.2) is 12.1 Å². The van der Waals surface area contributed by atoms with Crippen LogP contribution in [0.2, 0.25) is 5.02 Å². The minimum atomic E-state index is -0.597. The summed E-state index contributed by atoms with van der Waals surface area (Å²) in [6, 6.07) is 3.23. The van der Waals surface area contributed by atoms with Crippen LogP contribution in [0.25, 0.3) is 0 Å². The third kappa shape index (κ3) is 2.74. The lowest BCUT2D eigenvalue weighted by atomic mass is 9.98. The summed E-state index contributed by atoms with van der Waals surface area (Å²) in [6.07, 6.45) is 4.93. The van der Waals surface area contributed by atoms with Crippen LogP contribution in [0, 0.1) is 5.92 Å². The van der Waals surface area contributed by atoms with E-state index >= 15 is 0 Å². The largest absolute Gasteiger partial charge is 0.370 e. The Hall–Kier alpha value is -1.26. The van der Waals surface area contributed by atoms with Crippen LogP contribution in [0.4, 0.5) is 11.4 Å². The number of nitrogens with two attached hydrogens (primary N) is 1. The van der Waals surface area contributed by atoms with E-state index in [0.29, 0.717) is 5.02 Å². The van der Waals surface area contributed by atoms with Gasteiger partial charge >= 0.3 is 0 Å². The summed E-state index contributed by atoms with van der Waals surface area (Å²) in [5.41, 5.74) is 8.49. The summed E-state index contributed by atoms with van der Waals surface area (Å²) in [4.78, 5) is 14.0. The van der Waals surface area contributed by atoms with Crippen LogP contribution in [-0.2, 0) is 4.79 Å². The summed E-state index contributed by atoms with van der Waals surface area (Å²) in [6.45, 7) is 4.31. The number of nitrogens with one attached hydrogen (secondary N) is 1. The van der Waals surface area contributed by atoms with E-state index in [-0.39, 0.29) is 5.91 Å². The van der Waals surface area contributed by atoms with E-state index in [0.717, 1.165) is 35.9 Å². The normalized spacial score (nSPS) is 25.5. The molecule has 0 aliphatic carbocycles. The highest BCUT2D eigenvalue weighted by molar-refractivity contribution is 6.33. The van der Waals surface area contributed by atoms with Crippen LogP contribution in [-0.4, -0.2) is 19.0 Å². The molecule has 5 heteroatoms. The molecule has 2 aliphatic heterocycles. The summed E-state index contributed by atoms with van der Waals surface area (Å²) in [7, 11) is 0. The monoisotopic (exact) mass is 307 g/mol. The van der Waals surface area contributed by atoms with Crippen LogP contribution < -0.4 is 16.0 Å². The van der Waals surface area contributed by atoms with Crippen molar-refractivity contribution in [1.82, 2.24) is 0 Å². The maximum Gasteiger partial charge on any atom is 0.245 e. The summed E-state index contributed by atoms with van der Waals surface area (Å²) in [5.74, 6) is 0.663. The van der Waals surface area contributed by atoms with Gasteiger partial charge < -0.3 is 16.0 Å². The highest BCUT2D eigenvalue weighted by atomic mass is 35.5. The number of hydrogen-bond acceptors (Lipinski definition) is 3. The second-order valence-corrected chi connectivity index (χ2v) is 6.46. The lowest BCUT2D eigenvalue weighted by molar-refractivity contribution is -0.116. The molecule has 1 aromatic rings. The Morgan fingerprint density at radius 3 is 2.95 bits per heavy atom. The summed E-state index contributed by atoms with van der Waals surface area (Å²) >= 11 is 6.44. The molecular weight excluding hydrogens is 286 g/mol. The van der Waals surface area contributed by atoms with Gasteiger partial charge in [0, 0.05) is 24.3 Å². The molecule has 0 saturated carbocycles. The van der Waals surface area contributed by atoms with E-state index in [4.69, 9.17) is 17.3 Å². The topological polar surface area (TPSA) is 58.4 Å². The Kier molecular flexibility index (Phi) is 4.09. The van der Waals surface area contributed by atoms with Gasteiger partial charge in [-0.15, -0.1) is 0 Å². The van der Waals surface area contributed by atoms with Crippen LogP contribution in [0.5, 0.6) is 0 Å². The van der Waals surface area contributed by atoms with Crippen molar-refractivity contribution in [3.63, 3.8) is 0 Å². The Morgan fingerprint density at radius 1 is 1.38 bits per heavy atom. The molecule has 3 N–H and O–H groups in total. The molecule has 0 aromatic heterocycles. The first kappa shape index (κ1) is 14.7. The molecule has 1 saturated heterocycles. The zero-order valence-corrected chi connectivity index (χ0v) is 13.1. The first-order valence-electron chi connectivity index (χ1n) is 7.75. The predicted molar refractivity (Wildman–Crippen MR) is 86.9 cm³/mol. The molecule has 2 atom stereocenters. The van der Waals surface area contributed by atoms with Crippen molar-refractivity contribution in [2.45, 2.75) is 38.6 Å². The minimum Gasteiger partial charge on any atom is -0.370 e. The molecule has 3 rings (SSSR count). The van der Waals surface area contributed by atoms with E-state index in [1.165, 1.54) is 25.7 Å². The van der Waals surface area contributed by atoms with E-state index in [9.17, 15) is 4.79 Å². The van der Waals surface area contributed by atoms with Gasteiger partial charge in [-0.1, -0.05) is 24.9 Å². The van der Waals surface area contributed by atoms with Crippen molar-refractivity contribution in [3.05, 3.63) is 22.7 Å². The number of carbonyl (C=O) groups is 1. The van der Waals surface area contributed by atoms with Gasteiger partial charge in [-0.2, -0.15) is 0 Å². The van der Waals surface area contributed by atoms with Crippen molar-refractivity contribution in [1.29, 1.82) is 0 Å². The SMILES string of the molecule is CCC1CCCN(c2cc3c(cc2Cl)C(N)C(=O)N3)CC1. The first-order chi connectivity index (χ1) is 10.1. The number of amides is 1. The average molecular weight is 308 g/mol. The van der Waals surface area contributed by atoms with E-state index in [2.05, 4.69) is 17.1 Å². The molecular formula is C16H22ClN3O. The average Bonchev–Trinajstić information content (AvgIpc) is 2.68. The number of rotatable bonds is 2. The van der Waals surface area contributed by atoms with Crippen molar-refractivity contribution >= 4 is 28.9 Å². The number of halogens is 1. The highest BCUT2D eigenvalue weighted by Crippen LogP contribution is 2.39. The molecule has 4 nitrogen and oxygen atoms in total. The number of benzene rings is 1. The predicted octanol–water partition coefficient (Wildman–Crippen LogP) is 3.31. The molecule has 0 spiro atoms. The second-order valence-electron chi connectivity index (χ2n) is 6.05. The Balaban J connectivity index is 1.86. The lowest BCUT2D eigenvalue weighted by Gasteiger charge is -2.25. The van der Waals surface area contributed by atoms with E-state index in [1.807, 2.05) is 12.1 Å². The smallest absolute Gasteiger partial charge is 0.245 e. The van der Waals surface area contributed by atoms with Crippen molar-refractivity contribution in [2.24, 2.45) is 11.7 Å².